The second-order valence-corrected chi connectivity index (χ2v) is 1.58. The van der Waals surface area contributed by atoms with Crippen LogP contribution in [0.25, 0.3) is 0 Å². The molecule has 0 N–H and O–H groups in total. The highest BCUT2D eigenvalue weighted by Gasteiger charge is 2.55. The fourth-order valence-corrected chi connectivity index (χ4v) is 0.236. The van der Waals surface area contributed by atoms with Crippen LogP contribution in [0.4, 0.5) is 22.0 Å². The van der Waals surface area contributed by atoms with Crippen molar-refractivity contribution in [3.05, 3.63) is 12.2 Å². The third-order valence-corrected chi connectivity index (χ3v) is 0.745. The van der Waals surface area contributed by atoms with Gasteiger partial charge < -0.3 is 0 Å². The van der Waals surface area contributed by atoms with Crippen molar-refractivity contribution in [3.63, 3.8) is 0 Å². The van der Waals surface area contributed by atoms with E-state index in [1.54, 1.807) is 0 Å². The highest BCUT2D eigenvalue weighted by Crippen LogP contribution is 2.36. The first-order valence-electron chi connectivity index (χ1n) is 2.33. The number of nitrogens with zero attached hydrogens (tertiary/aromatic N) is 1. The van der Waals surface area contributed by atoms with Crippen LogP contribution in [0.5, 0.6) is 0 Å². The van der Waals surface area contributed by atoms with Crippen LogP contribution < -0.4 is 0 Å². The Labute approximate surface area is 58.7 Å². The number of alkyl halides is 5. The summed E-state index contributed by atoms with van der Waals surface area (Å²) in [4.78, 5) is 0. The van der Waals surface area contributed by atoms with Crippen LogP contribution in [0.15, 0.2) is 12.2 Å². The van der Waals surface area contributed by atoms with Crippen molar-refractivity contribution in [3.8, 4) is 6.07 Å². The van der Waals surface area contributed by atoms with E-state index in [1.807, 2.05) is 0 Å². The van der Waals surface area contributed by atoms with Crippen molar-refractivity contribution in [2.75, 3.05) is 0 Å². The number of hydrogen-bond acceptors (Lipinski definition) is 1. The summed E-state index contributed by atoms with van der Waals surface area (Å²) in [5.41, 5.74) is 0. The Balaban J connectivity index is 4.50. The molecular weight excluding hydrogens is 169 g/mol. The lowest BCUT2D eigenvalue weighted by atomic mass is 10.3. The van der Waals surface area contributed by atoms with Gasteiger partial charge in [-0.2, -0.15) is 27.2 Å². The van der Waals surface area contributed by atoms with Gasteiger partial charge in [-0.05, 0) is 0 Å². The molecule has 11 heavy (non-hydrogen) atoms. The summed E-state index contributed by atoms with van der Waals surface area (Å²) in [5.74, 6) is -4.91. The van der Waals surface area contributed by atoms with E-state index in [2.05, 4.69) is 0 Å². The molecule has 0 aliphatic rings. The fourth-order valence-electron chi connectivity index (χ4n) is 0.236. The van der Waals surface area contributed by atoms with E-state index < -0.39 is 18.2 Å². The third kappa shape index (κ3) is 2.53. The molecule has 0 atom stereocenters. The van der Waals surface area contributed by atoms with Gasteiger partial charge in [0.15, 0.2) is 0 Å². The molecule has 0 saturated heterocycles. The maximum Gasteiger partial charge on any atom is 0.457 e. The van der Waals surface area contributed by atoms with E-state index in [-0.39, 0.29) is 6.08 Å². The van der Waals surface area contributed by atoms with Gasteiger partial charge in [-0.3, -0.25) is 0 Å². The van der Waals surface area contributed by atoms with E-state index in [9.17, 15) is 22.0 Å². The Bertz CT molecular complexity index is 196. The minimum atomic E-state index is -5.62. The summed E-state index contributed by atoms with van der Waals surface area (Å²) in [7, 11) is 0. The molecule has 0 aromatic rings. The summed E-state index contributed by atoms with van der Waals surface area (Å²) in [5, 5.41) is 7.66. The zero-order valence-electron chi connectivity index (χ0n) is 4.99. The molecule has 0 fully saturated rings. The van der Waals surface area contributed by atoms with E-state index in [0.717, 1.165) is 6.07 Å². The van der Waals surface area contributed by atoms with Crippen LogP contribution in [0.3, 0.4) is 0 Å². The monoisotopic (exact) mass is 171 g/mol. The average molecular weight is 171 g/mol. The van der Waals surface area contributed by atoms with Crippen molar-refractivity contribution >= 4 is 0 Å². The van der Waals surface area contributed by atoms with E-state index >= 15 is 0 Å². The zero-order chi connectivity index (χ0) is 9.12. The van der Waals surface area contributed by atoms with Crippen molar-refractivity contribution < 1.29 is 22.0 Å². The quantitative estimate of drug-likeness (QED) is 0.438. The Morgan fingerprint density at radius 2 is 1.55 bits per heavy atom. The Morgan fingerprint density at radius 3 is 1.82 bits per heavy atom. The van der Waals surface area contributed by atoms with Crippen molar-refractivity contribution in [1.82, 2.24) is 0 Å². The first kappa shape index (κ1) is 9.88. The number of hydrogen-bond donors (Lipinski definition) is 0. The van der Waals surface area contributed by atoms with E-state index in [1.165, 1.54) is 0 Å². The van der Waals surface area contributed by atoms with Gasteiger partial charge in [-0.25, -0.2) is 0 Å². The van der Waals surface area contributed by atoms with Crippen molar-refractivity contribution in [1.29, 1.82) is 5.26 Å². The standard InChI is InChI=1S/C5H2F5N/c6-4(7,2-1-3-11)5(8,9)10/h1-2H/b2-1+. The lowest BCUT2D eigenvalue weighted by Crippen LogP contribution is -2.33. The van der Waals surface area contributed by atoms with E-state index in [0.29, 0.717) is 0 Å². The van der Waals surface area contributed by atoms with Gasteiger partial charge in [0, 0.05) is 12.2 Å². The average Bonchev–Trinajstić information content (AvgIpc) is 1.81. The third-order valence-electron chi connectivity index (χ3n) is 0.745. The largest absolute Gasteiger partial charge is 0.457 e. The Hall–Kier alpha value is -1.12. The second-order valence-electron chi connectivity index (χ2n) is 1.58. The lowest BCUT2D eigenvalue weighted by molar-refractivity contribution is -0.259. The molecule has 1 nitrogen and oxygen atoms in total. The van der Waals surface area contributed by atoms with Crippen molar-refractivity contribution in [2.45, 2.75) is 12.1 Å². The summed E-state index contributed by atoms with van der Waals surface area (Å²) in [6.45, 7) is 0. The molecule has 0 saturated carbocycles. The topological polar surface area (TPSA) is 23.8 Å². The maximum atomic E-state index is 11.8. The van der Waals surface area contributed by atoms with Gasteiger partial charge in [0.1, 0.15) is 0 Å². The molecule has 0 bridgehead atoms. The van der Waals surface area contributed by atoms with Gasteiger partial charge in [0.2, 0.25) is 0 Å². The van der Waals surface area contributed by atoms with Gasteiger partial charge in [0.25, 0.3) is 0 Å². The Kier molecular flexibility index (Phi) is 2.57. The molecule has 0 radical (unpaired) electrons. The van der Waals surface area contributed by atoms with Crippen LogP contribution in [-0.4, -0.2) is 12.1 Å². The summed E-state index contributed by atoms with van der Waals surface area (Å²) < 4.78 is 57.2. The predicted octanol–water partition coefficient (Wildman–Crippen LogP) is 2.26. The molecule has 0 unspecified atom stereocenters. The normalized spacial score (nSPS) is 13.5. The second kappa shape index (κ2) is 2.86. The SMILES string of the molecule is N#C/C=C/C(F)(F)C(F)(F)F. The number of halogens is 5. The molecule has 0 aromatic carbocycles. The lowest BCUT2D eigenvalue weighted by Gasteiger charge is -2.14. The number of rotatable bonds is 1. The summed E-state index contributed by atoms with van der Waals surface area (Å²) in [6, 6.07) is 1.04. The predicted molar refractivity (Wildman–Crippen MR) is 25.8 cm³/mol. The number of nitriles is 1. The minimum absolute atomic E-state index is 0.0908. The molecule has 0 rings (SSSR count). The molecular formula is C5H2F5N. The molecule has 6 heteroatoms. The Morgan fingerprint density at radius 1 is 1.09 bits per heavy atom. The molecule has 0 aliphatic heterocycles. The van der Waals surface area contributed by atoms with Gasteiger partial charge in [-0.1, -0.05) is 0 Å². The smallest absolute Gasteiger partial charge is 0.193 e. The van der Waals surface area contributed by atoms with Crippen LogP contribution in [0.1, 0.15) is 0 Å². The first-order chi connectivity index (χ1) is 4.81. The van der Waals surface area contributed by atoms with E-state index in [4.69, 9.17) is 5.26 Å². The molecule has 0 amide bonds. The highest BCUT2D eigenvalue weighted by molar-refractivity contribution is 5.09. The molecule has 0 aromatic heterocycles. The van der Waals surface area contributed by atoms with Crippen LogP contribution in [0, 0.1) is 11.3 Å². The molecule has 62 valence electrons. The highest BCUT2D eigenvalue weighted by atomic mass is 19.4. The first-order valence-corrected chi connectivity index (χ1v) is 2.33. The number of allylic oxidation sites excluding steroid dienone is 2. The maximum absolute atomic E-state index is 11.8. The van der Waals surface area contributed by atoms with Gasteiger partial charge >= 0.3 is 12.1 Å². The minimum Gasteiger partial charge on any atom is -0.193 e. The zero-order valence-corrected chi connectivity index (χ0v) is 4.99. The molecule has 0 aliphatic carbocycles. The van der Waals surface area contributed by atoms with Crippen LogP contribution in [-0.2, 0) is 0 Å². The van der Waals surface area contributed by atoms with Crippen LogP contribution >= 0.6 is 0 Å². The molecule has 0 spiro atoms. The van der Waals surface area contributed by atoms with Gasteiger partial charge in [0.05, 0.1) is 6.07 Å². The van der Waals surface area contributed by atoms with Gasteiger partial charge in [-0.15, -0.1) is 0 Å². The van der Waals surface area contributed by atoms with Crippen LogP contribution in [0.2, 0.25) is 0 Å². The summed E-state index contributed by atoms with van der Waals surface area (Å²) >= 11 is 0. The summed E-state index contributed by atoms with van der Waals surface area (Å²) in [6.07, 6.45) is -6.03. The fraction of sp³-hybridized carbons (Fsp3) is 0.400. The van der Waals surface area contributed by atoms with Crippen molar-refractivity contribution in [2.24, 2.45) is 0 Å². The molecule has 0 heterocycles.